The molecule has 0 radical (unpaired) electrons. The Labute approximate surface area is 361 Å². The molecule has 11 aromatic rings. The van der Waals surface area contributed by atoms with Crippen molar-refractivity contribution in [3.05, 3.63) is 199 Å². The molecule has 0 unspecified atom stereocenters. The summed E-state index contributed by atoms with van der Waals surface area (Å²) in [5.74, 6) is 1.03. The fourth-order valence-electron chi connectivity index (χ4n) is 8.71. The molecular weight excluding hydrogens is 821 g/mol. The minimum atomic E-state index is -5.06. The molecule has 0 amide bonds. The van der Waals surface area contributed by atoms with Gasteiger partial charge in [0.2, 0.25) is 0 Å². The molecule has 0 spiro atoms. The summed E-state index contributed by atoms with van der Waals surface area (Å²) < 4.78 is 91.0. The fraction of sp³-hybridized carbons (Fsp3) is 0.0377. The molecule has 5 nitrogen and oxygen atoms in total. The van der Waals surface area contributed by atoms with Crippen LogP contribution in [0.15, 0.2) is 188 Å². The first-order valence-electron chi connectivity index (χ1n) is 20.3. The van der Waals surface area contributed by atoms with E-state index < -0.39 is 23.5 Å². The third-order valence-corrected chi connectivity index (χ3v) is 11.6. The Kier molecular flexibility index (Phi) is 8.98. The highest BCUT2D eigenvalue weighted by Gasteiger charge is 2.37. The number of halogens is 6. The van der Waals surface area contributed by atoms with Crippen molar-refractivity contribution in [3.63, 3.8) is 0 Å². The predicted octanol–water partition coefficient (Wildman–Crippen LogP) is 14.8. The SMILES string of the molecule is FC(F)(F)c1cc(-c2ccc(-c3nc(-c4ccccc4)nc(-c4ccccc4)n3)cc2-n2c3ccccc3c3ccc(-n4c5ccccc5c5ccccc54)cc32)cc(C(F)(F)F)c1. The molecule has 3 aromatic heterocycles. The second-order valence-corrected chi connectivity index (χ2v) is 15.5. The molecule has 0 bridgehead atoms. The van der Waals surface area contributed by atoms with Crippen LogP contribution in [0.2, 0.25) is 0 Å². The second kappa shape index (κ2) is 14.8. The highest BCUT2D eigenvalue weighted by molar-refractivity contribution is 6.12. The Morgan fingerprint density at radius 2 is 0.766 bits per heavy atom. The quantitative estimate of drug-likeness (QED) is 0.157. The van der Waals surface area contributed by atoms with E-state index in [2.05, 4.69) is 16.7 Å². The smallest absolute Gasteiger partial charge is 0.309 e. The van der Waals surface area contributed by atoms with Crippen LogP contribution in [-0.4, -0.2) is 24.1 Å². The highest BCUT2D eigenvalue weighted by Crippen LogP contribution is 2.44. The van der Waals surface area contributed by atoms with Crippen molar-refractivity contribution in [3.8, 4) is 56.7 Å². The van der Waals surface area contributed by atoms with Crippen LogP contribution >= 0.6 is 0 Å². The number of para-hydroxylation sites is 3. The Bertz CT molecular complexity index is 3450. The molecule has 310 valence electrons. The number of benzene rings is 8. The summed E-state index contributed by atoms with van der Waals surface area (Å²) in [4.78, 5) is 14.6. The summed E-state index contributed by atoms with van der Waals surface area (Å²) in [5, 5.41) is 3.77. The van der Waals surface area contributed by atoms with Crippen LogP contribution in [0.3, 0.4) is 0 Å². The number of aromatic nitrogens is 5. The molecule has 11 rings (SSSR count). The fourth-order valence-corrected chi connectivity index (χ4v) is 8.71. The van der Waals surface area contributed by atoms with Crippen molar-refractivity contribution < 1.29 is 26.3 Å². The number of fused-ring (bicyclic) bond motifs is 6. The van der Waals surface area contributed by atoms with Gasteiger partial charge in [0.1, 0.15) is 0 Å². The molecule has 0 aliphatic rings. The summed E-state index contributed by atoms with van der Waals surface area (Å²) in [6.45, 7) is 0. The van der Waals surface area contributed by atoms with Crippen LogP contribution in [0.1, 0.15) is 11.1 Å². The molecule has 64 heavy (non-hydrogen) atoms. The van der Waals surface area contributed by atoms with E-state index in [1.54, 1.807) is 18.2 Å². The largest absolute Gasteiger partial charge is 0.416 e. The van der Waals surface area contributed by atoms with Crippen LogP contribution in [0.4, 0.5) is 26.3 Å². The van der Waals surface area contributed by atoms with Gasteiger partial charge in [-0.05, 0) is 60.2 Å². The van der Waals surface area contributed by atoms with Gasteiger partial charge in [0.25, 0.3) is 0 Å². The van der Waals surface area contributed by atoms with Gasteiger partial charge in [-0.3, -0.25) is 0 Å². The molecule has 11 heteroatoms. The van der Waals surface area contributed by atoms with Gasteiger partial charge >= 0.3 is 12.4 Å². The predicted molar refractivity (Wildman–Crippen MR) is 240 cm³/mol. The Hall–Kier alpha value is -8.05. The summed E-state index contributed by atoms with van der Waals surface area (Å²) in [7, 11) is 0. The first-order chi connectivity index (χ1) is 31.0. The third kappa shape index (κ3) is 6.64. The van der Waals surface area contributed by atoms with Crippen molar-refractivity contribution in [1.29, 1.82) is 0 Å². The van der Waals surface area contributed by atoms with Gasteiger partial charge in [-0.15, -0.1) is 0 Å². The van der Waals surface area contributed by atoms with Crippen molar-refractivity contribution in [1.82, 2.24) is 24.1 Å². The van der Waals surface area contributed by atoms with Crippen LogP contribution in [0.5, 0.6) is 0 Å². The number of hydrogen-bond donors (Lipinski definition) is 0. The Morgan fingerprint density at radius 1 is 0.328 bits per heavy atom. The van der Waals surface area contributed by atoms with E-state index in [4.69, 9.17) is 15.0 Å². The minimum absolute atomic E-state index is 0.130. The van der Waals surface area contributed by atoms with Gasteiger partial charge in [0.15, 0.2) is 17.5 Å². The molecule has 0 saturated carbocycles. The summed E-state index contributed by atoms with van der Waals surface area (Å²) >= 11 is 0. The maximum atomic E-state index is 14.5. The maximum Gasteiger partial charge on any atom is 0.416 e. The van der Waals surface area contributed by atoms with E-state index in [9.17, 15) is 26.3 Å². The van der Waals surface area contributed by atoms with Gasteiger partial charge in [-0.25, -0.2) is 15.0 Å². The van der Waals surface area contributed by atoms with E-state index in [1.165, 1.54) is 0 Å². The van der Waals surface area contributed by atoms with Crippen LogP contribution in [0, 0.1) is 0 Å². The first kappa shape index (κ1) is 38.8. The van der Waals surface area contributed by atoms with E-state index in [0.717, 1.165) is 61.5 Å². The zero-order chi connectivity index (χ0) is 43.7. The van der Waals surface area contributed by atoms with Crippen LogP contribution < -0.4 is 0 Å². The standard InChI is InChI=1S/C53H31F6N5/c54-52(55,56)36-27-35(28-37(30-36)53(57,58)59)39-25-23-34(51-61-49(32-13-3-1-4-14-32)60-50(62-51)33-15-5-2-6-16-33)29-47(39)64-46-22-12-9-19-42(46)43-26-24-38(31-48(43)64)63-44-20-10-7-17-40(44)41-18-8-11-21-45(41)63/h1-31H. The van der Waals surface area contributed by atoms with Crippen molar-refractivity contribution >= 4 is 43.6 Å². The molecular formula is C53H31F6N5. The lowest BCUT2D eigenvalue weighted by molar-refractivity contribution is -0.143. The van der Waals surface area contributed by atoms with Crippen molar-refractivity contribution in [2.45, 2.75) is 12.4 Å². The lowest BCUT2D eigenvalue weighted by atomic mass is 9.96. The summed E-state index contributed by atoms with van der Waals surface area (Å²) in [6.07, 6.45) is -10.1. The van der Waals surface area contributed by atoms with E-state index in [0.29, 0.717) is 33.9 Å². The van der Waals surface area contributed by atoms with Gasteiger partial charge < -0.3 is 9.13 Å². The van der Waals surface area contributed by atoms with Crippen molar-refractivity contribution in [2.24, 2.45) is 0 Å². The second-order valence-electron chi connectivity index (χ2n) is 15.5. The van der Waals surface area contributed by atoms with Gasteiger partial charge in [0, 0.05) is 49.5 Å². The van der Waals surface area contributed by atoms with Crippen LogP contribution in [0.25, 0.3) is 100 Å². The topological polar surface area (TPSA) is 48.5 Å². The molecule has 0 atom stereocenters. The maximum absolute atomic E-state index is 14.5. The molecule has 3 heterocycles. The Balaban J connectivity index is 1.23. The van der Waals surface area contributed by atoms with Crippen molar-refractivity contribution in [2.75, 3.05) is 0 Å². The molecule has 8 aromatic carbocycles. The molecule has 0 saturated heterocycles. The number of rotatable bonds is 6. The third-order valence-electron chi connectivity index (χ3n) is 11.6. The number of hydrogen-bond acceptors (Lipinski definition) is 3. The summed E-state index contributed by atoms with van der Waals surface area (Å²) in [6, 6.07) is 55.2. The molecule has 0 N–H and O–H groups in total. The number of nitrogens with zero attached hydrogens (tertiary/aromatic N) is 5. The lowest BCUT2D eigenvalue weighted by Gasteiger charge is -2.19. The minimum Gasteiger partial charge on any atom is -0.309 e. The van der Waals surface area contributed by atoms with Gasteiger partial charge in [-0.2, -0.15) is 26.3 Å². The van der Waals surface area contributed by atoms with E-state index >= 15 is 0 Å². The van der Waals surface area contributed by atoms with Gasteiger partial charge in [-0.1, -0.05) is 133 Å². The monoisotopic (exact) mass is 851 g/mol. The Morgan fingerprint density at radius 3 is 1.27 bits per heavy atom. The highest BCUT2D eigenvalue weighted by atomic mass is 19.4. The normalized spacial score (nSPS) is 12.2. The van der Waals surface area contributed by atoms with Crippen LogP contribution in [-0.2, 0) is 12.4 Å². The average Bonchev–Trinajstić information content (AvgIpc) is 3.83. The van der Waals surface area contributed by atoms with E-state index in [-0.39, 0.29) is 23.0 Å². The first-order valence-corrected chi connectivity index (χ1v) is 20.3. The molecule has 0 fully saturated rings. The average molecular weight is 852 g/mol. The lowest BCUT2D eigenvalue weighted by Crippen LogP contribution is -2.11. The van der Waals surface area contributed by atoms with Gasteiger partial charge in [0.05, 0.1) is 38.9 Å². The zero-order valence-electron chi connectivity index (χ0n) is 33.4. The zero-order valence-corrected chi connectivity index (χ0v) is 33.4. The number of alkyl halides is 6. The molecule has 0 aliphatic heterocycles. The molecule has 0 aliphatic carbocycles. The summed E-state index contributed by atoms with van der Waals surface area (Å²) in [5.41, 5.74) is 3.37. The van der Waals surface area contributed by atoms with E-state index in [1.807, 2.05) is 144 Å².